The van der Waals surface area contributed by atoms with Crippen molar-refractivity contribution in [3.05, 3.63) is 65.7 Å². The molecule has 2 atom stereocenters. The summed E-state index contributed by atoms with van der Waals surface area (Å²) in [6, 6.07) is 14.2. The van der Waals surface area contributed by atoms with Gasteiger partial charge < -0.3 is 42.1 Å². The van der Waals surface area contributed by atoms with E-state index in [0.717, 1.165) is 5.56 Å². The molecule has 0 aliphatic heterocycles. The van der Waals surface area contributed by atoms with Crippen LogP contribution in [0.2, 0.25) is 0 Å². The van der Waals surface area contributed by atoms with Crippen molar-refractivity contribution in [2.75, 3.05) is 90.9 Å². The van der Waals surface area contributed by atoms with E-state index in [0.29, 0.717) is 50.4 Å². The quantitative estimate of drug-likeness (QED) is 0.0479. The summed E-state index contributed by atoms with van der Waals surface area (Å²) >= 11 is 0. The van der Waals surface area contributed by atoms with Gasteiger partial charge in [0, 0.05) is 70.4 Å². The molecular weight excluding hydrogens is 744 g/mol. The molecule has 0 fully saturated rings. The van der Waals surface area contributed by atoms with Gasteiger partial charge in [-0.05, 0) is 43.3 Å². The highest BCUT2D eigenvalue weighted by molar-refractivity contribution is 5.93. The number of carbonyl (C=O) groups is 7. The molecule has 19 nitrogen and oxygen atoms in total. The van der Waals surface area contributed by atoms with Gasteiger partial charge in [-0.25, -0.2) is 0 Å². The molecule has 0 heterocycles. The summed E-state index contributed by atoms with van der Waals surface area (Å²) in [5.74, 6) is -5.75. The molecule has 19 heteroatoms. The number of nitrogens with one attached hydrogen (secondary N) is 3. The summed E-state index contributed by atoms with van der Waals surface area (Å²) in [7, 11) is 1.63. The minimum Gasteiger partial charge on any atom is -0.480 e. The summed E-state index contributed by atoms with van der Waals surface area (Å²) < 4.78 is 0. The summed E-state index contributed by atoms with van der Waals surface area (Å²) in [6.07, 6.45) is 0.110. The van der Waals surface area contributed by atoms with Gasteiger partial charge in [0.2, 0.25) is 17.7 Å². The fraction of sp³-hybridized carbons (Fsp3) is 0.500. The largest absolute Gasteiger partial charge is 0.480 e. The van der Waals surface area contributed by atoms with Gasteiger partial charge in [-0.1, -0.05) is 49.4 Å². The fourth-order valence-corrected chi connectivity index (χ4v) is 5.85. The zero-order chi connectivity index (χ0) is 42.3. The second-order valence-corrected chi connectivity index (χ2v) is 13.5. The molecule has 9 N–H and O–H groups in total. The van der Waals surface area contributed by atoms with E-state index in [9.17, 15) is 54.0 Å². The minimum atomic E-state index is -1.26. The van der Waals surface area contributed by atoms with Crippen LogP contribution in [-0.4, -0.2) is 173 Å². The molecule has 0 bridgehead atoms. The fourth-order valence-electron chi connectivity index (χ4n) is 5.85. The van der Waals surface area contributed by atoms with Crippen molar-refractivity contribution in [1.29, 1.82) is 0 Å². The molecule has 0 aromatic heterocycles. The lowest BCUT2D eigenvalue weighted by Crippen LogP contribution is -2.47. The van der Waals surface area contributed by atoms with E-state index in [1.54, 1.807) is 41.1 Å². The van der Waals surface area contributed by atoms with Gasteiger partial charge in [0.25, 0.3) is 0 Å². The molecule has 2 aromatic carbocycles. The second kappa shape index (κ2) is 25.6. The monoisotopic (exact) mass is 800 g/mol. The van der Waals surface area contributed by atoms with Crippen molar-refractivity contribution in [3.8, 4) is 0 Å². The van der Waals surface area contributed by atoms with Crippen LogP contribution in [0.3, 0.4) is 0 Å². The van der Waals surface area contributed by atoms with Crippen LogP contribution in [0.5, 0.6) is 0 Å². The standard InChI is InChI=1S/C38H56N8O11/c1-3-44(24-35(51)52)19-20-45(18-17-43(2)23-34(49)50)22-31(46(25-36(53)54)26-37(55)56)28-9-11-29(12-10-28)42-33(48)14-13-32(47)40-15-16-41-38(57)30(39)21-27-7-5-4-6-8-27/h4-12,30-31H,3,13-26,39H2,1-2H3,(H,40,47)(H,41,57)(H,42,48)(H,49,50)(H,51,52)(H,53,54)(H,55,56). The molecule has 0 saturated carbocycles. The molecule has 0 aliphatic carbocycles. The van der Waals surface area contributed by atoms with Crippen molar-refractivity contribution in [3.63, 3.8) is 0 Å². The first kappa shape index (κ1) is 47.7. The molecule has 2 rings (SSSR count). The zero-order valence-electron chi connectivity index (χ0n) is 32.5. The number of nitrogens with zero attached hydrogens (tertiary/aromatic N) is 4. The van der Waals surface area contributed by atoms with E-state index in [2.05, 4.69) is 16.0 Å². The Morgan fingerprint density at radius 2 is 1.21 bits per heavy atom. The highest BCUT2D eigenvalue weighted by atomic mass is 16.4. The van der Waals surface area contributed by atoms with Gasteiger partial charge in [-0.2, -0.15) is 0 Å². The average molecular weight is 801 g/mol. The van der Waals surface area contributed by atoms with Crippen molar-refractivity contribution in [2.45, 2.75) is 38.3 Å². The van der Waals surface area contributed by atoms with Crippen molar-refractivity contribution in [2.24, 2.45) is 5.73 Å². The number of benzene rings is 2. The lowest BCUT2D eigenvalue weighted by atomic mass is 10.0. The van der Waals surface area contributed by atoms with E-state index in [-0.39, 0.29) is 51.5 Å². The predicted octanol–water partition coefficient (Wildman–Crippen LogP) is -0.555. The van der Waals surface area contributed by atoms with E-state index >= 15 is 0 Å². The Labute approximate surface area is 331 Å². The number of carboxylic acid groups (broad SMARTS) is 4. The molecule has 2 aromatic rings. The Morgan fingerprint density at radius 1 is 0.667 bits per heavy atom. The number of aliphatic carboxylic acids is 4. The van der Waals surface area contributed by atoms with Gasteiger partial charge in [-0.3, -0.25) is 53.2 Å². The van der Waals surface area contributed by atoms with Gasteiger partial charge in [0.15, 0.2) is 0 Å². The number of rotatable bonds is 29. The maximum Gasteiger partial charge on any atom is 0.317 e. The van der Waals surface area contributed by atoms with Crippen molar-refractivity contribution in [1.82, 2.24) is 30.2 Å². The number of hydrogen-bond acceptors (Lipinski definition) is 12. The summed E-state index contributed by atoms with van der Waals surface area (Å²) in [5, 5.41) is 45.9. The first-order valence-electron chi connectivity index (χ1n) is 18.5. The third-order valence-corrected chi connectivity index (χ3v) is 8.83. The normalized spacial score (nSPS) is 12.3. The lowest BCUT2D eigenvalue weighted by molar-refractivity contribution is -0.143. The minimum absolute atomic E-state index is 0.108. The highest BCUT2D eigenvalue weighted by Crippen LogP contribution is 2.24. The molecule has 0 spiro atoms. The van der Waals surface area contributed by atoms with Gasteiger partial charge in [0.1, 0.15) is 0 Å². The Balaban J connectivity index is 2.07. The molecule has 3 amide bonds. The lowest BCUT2D eigenvalue weighted by Gasteiger charge is -2.35. The SMILES string of the molecule is CCN(CCN(CCN(C)CC(=O)O)CC(c1ccc(NC(=O)CCC(=O)NCCNC(=O)C(N)Cc2ccccc2)cc1)N(CC(=O)O)CC(=O)O)CC(=O)O. The Morgan fingerprint density at radius 3 is 1.79 bits per heavy atom. The molecule has 57 heavy (non-hydrogen) atoms. The Bertz CT molecular complexity index is 1600. The molecular formula is C38H56N8O11. The van der Waals surface area contributed by atoms with Crippen LogP contribution in [0.4, 0.5) is 5.69 Å². The first-order chi connectivity index (χ1) is 27.1. The van der Waals surface area contributed by atoms with Crippen LogP contribution in [0.15, 0.2) is 54.6 Å². The Hall–Kier alpha value is -5.47. The van der Waals surface area contributed by atoms with E-state index < -0.39 is 60.9 Å². The first-order valence-corrected chi connectivity index (χ1v) is 18.5. The van der Waals surface area contributed by atoms with E-state index in [1.807, 2.05) is 42.2 Å². The van der Waals surface area contributed by atoms with Crippen LogP contribution >= 0.6 is 0 Å². The third-order valence-electron chi connectivity index (χ3n) is 8.83. The third kappa shape index (κ3) is 20.3. The number of carboxylic acids is 4. The number of nitrogens with two attached hydrogens (primary N) is 1. The van der Waals surface area contributed by atoms with Crippen LogP contribution in [0.1, 0.15) is 36.9 Å². The number of hydrogen-bond donors (Lipinski definition) is 8. The second-order valence-electron chi connectivity index (χ2n) is 13.5. The van der Waals surface area contributed by atoms with Crippen LogP contribution in [-0.2, 0) is 40.0 Å². The smallest absolute Gasteiger partial charge is 0.317 e. The zero-order valence-corrected chi connectivity index (χ0v) is 32.5. The Kier molecular flexibility index (Phi) is 21.4. The number of anilines is 1. The summed E-state index contributed by atoms with van der Waals surface area (Å²) in [5.41, 5.74) is 7.80. The molecule has 0 saturated heterocycles. The van der Waals surface area contributed by atoms with E-state index in [4.69, 9.17) is 5.73 Å². The maximum absolute atomic E-state index is 12.7. The maximum atomic E-state index is 12.7. The molecule has 2 unspecified atom stereocenters. The molecule has 314 valence electrons. The van der Waals surface area contributed by atoms with E-state index in [1.165, 1.54) is 4.90 Å². The average Bonchev–Trinajstić information content (AvgIpc) is 3.14. The van der Waals surface area contributed by atoms with Gasteiger partial charge >= 0.3 is 23.9 Å². The summed E-state index contributed by atoms with van der Waals surface area (Å²) in [6.45, 7) is 2.22. The number of likely N-dealkylation sites (N-methyl/N-ethyl adjacent to an activating group) is 2. The summed E-state index contributed by atoms with van der Waals surface area (Å²) in [4.78, 5) is 90.2. The number of amides is 3. The molecule has 0 radical (unpaired) electrons. The predicted molar refractivity (Wildman–Crippen MR) is 209 cm³/mol. The van der Waals surface area contributed by atoms with Crippen molar-refractivity contribution >= 4 is 47.3 Å². The van der Waals surface area contributed by atoms with Gasteiger partial charge in [0.05, 0.1) is 32.2 Å². The van der Waals surface area contributed by atoms with Crippen molar-refractivity contribution < 1.29 is 54.0 Å². The van der Waals surface area contributed by atoms with Gasteiger partial charge in [-0.15, -0.1) is 0 Å². The number of carbonyl (C=O) groups excluding carboxylic acids is 3. The van der Waals surface area contributed by atoms with Crippen LogP contribution in [0.25, 0.3) is 0 Å². The van der Waals surface area contributed by atoms with Crippen LogP contribution < -0.4 is 21.7 Å². The molecule has 0 aliphatic rings. The topological polar surface area (TPSA) is 275 Å². The highest BCUT2D eigenvalue weighted by Gasteiger charge is 2.28. The van der Waals surface area contributed by atoms with Crippen LogP contribution in [0, 0.1) is 0 Å².